The summed E-state index contributed by atoms with van der Waals surface area (Å²) in [5, 5.41) is 8.81. The first-order chi connectivity index (χ1) is 10.8. The molecule has 0 radical (unpaired) electrons. The van der Waals surface area contributed by atoms with Gasteiger partial charge in [0.2, 0.25) is 5.91 Å². The molecule has 2 fully saturated rings. The van der Waals surface area contributed by atoms with Gasteiger partial charge in [0.25, 0.3) is 0 Å². The summed E-state index contributed by atoms with van der Waals surface area (Å²) in [4.78, 5) is 16.7. The van der Waals surface area contributed by atoms with Crippen LogP contribution >= 0.6 is 0 Å². The number of hydrogen-bond acceptors (Lipinski definition) is 4. The van der Waals surface area contributed by atoms with Crippen LogP contribution < -0.4 is 0 Å². The highest BCUT2D eigenvalue weighted by Crippen LogP contribution is 2.17. The monoisotopic (exact) mass is 299 g/mol. The van der Waals surface area contributed by atoms with E-state index in [1.54, 1.807) is 0 Å². The Morgan fingerprint density at radius 3 is 2.55 bits per heavy atom. The van der Waals surface area contributed by atoms with Gasteiger partial charge in [-0.3, -0.25) is 9.69 Å². The number of amides is 1. The summed E-state index contributed by atoms with van der Waals surface area (Å²) in [7, 11) is 0. The topological polar surface area (TPSA) is 56.6 Å². The fraction of sp³-hybridized carbons (Fsp3) is 0.529. The zero-order valence-electron chi connectivity index (χ0n) is 12.7. The van der Waals surface area contributed by atoms with Crippen LogP contribution in [0, 0.1) is 17.2 Å². The minimum atomic E-state index is 0.0741. The standard InChI is InChI=1S/C17H21N3O2/c18-11-14-1-3-15(4-2-14)12-19-6-8-20(9-7-19)17(21)16-5-10-22-13-16/h1-4,16H,5-10,12-13H2/t16-/m0/s1. The molecule has 0 unspecified atom stereocenters. The molecule has 0 bridgehead atoms. The number of rotatable bonds is 3. The Balaban J connectivity index is 1.48. The molecule has 0 N–H and O–H groups in total. The van der Waals surface area contributed by atoms with Crippen molar-refractivity contribution in [2.45, 2.75) is 13.0 Å². The van der Waals surface area contributed by atoms with E-state index in [1.807, 2.05) is 29.2 Å². The average Bonchev–Trinajstić information content (AvgIpc) is 3.10. The SMILES string of the molecule is N#Cc1ccc(CN2CCN(C(=O)[C@H]3CCOC3)CC2)cc1. The molecule has 0 aliphatic carbocycles. The van der Waals surface area contributed by atoms with Gasteiger partial charge >= 0.3 is 0 Å². The number of carbonyl (C=O) groups excluding carboxylic acids is 1. The molecule has 116 valence electrons. The first-order valence-corrected chi connectivity index (χ1v) is 7.84. The smallest absolute Gasteiger partial charge is 0.228 e. The van der Waals surface area contributed by atoms with E-state index >= 15 is 0 Å². The Morgan fingerprint density at radius 1 is 1.23 bits per heavy atom. The van der Waals surface area contributed by atoms with Crippen LogP contribution in [0.2, 0.25) is 0 Å². The van der Waals surface area contributed by atoms with Gasteiger partial charge in [-0.2, -0.15) is 5.26 Å². The highest BCUT2D eigenvalue weighted by Gasteiger charge is 2.29. The number of carbonyl (C=O) groups is 1. The Hall–Kier alpha value is -1.90. The fourth-order valence-electron chi connectivity index (χ4n) is 3.06. The third-order valence-corrected chi connectivity index (χ3v) is 4.45. The zero-order chi connectivity index (χ0) is 15.4. The second-order valence-corrected chi connectivity index (χ2v) is 5.97. The van der Waals surface area contributed by atoms with Gasteiger partial charge < -0.3 is 9.64 Å². The molecule has 1 aromatic rings. The summed E-state index contributed by atoms with van der Waals surface area (Å²) in [6, 6.07) is 9.86. The number of nitrogens with zero attached hydrogens (tertiary/aromatic N) is 3. The first kappa shape index (κ1) is 15.0. The Kier molecular flexibility index (Phi) is 4.71. The summed E-state index contributed by atoms with van der Waals surface area (Å²) >= 11 is 0. The molecule has 1 atom stereocenters. The Labute approximate surface area is 131 Å². The predicted octanol–water partition coefficient (Wildman–Crippen LogP) is 1.24. The van der Waals surface area contributed by atoms with Gasteiger partial charge in [0.05, 0.1) is 24.2 Å². The lowest BCUT2D eigenvalue weighted by Crippen LogP contribution is -2.50. The van der Waals surface area contributed by atoms with Gasteiger partial charge in [-0.15, -0.1) is 0 Å². The van der Waals surface area contributed by atoms with E-state index in [1.165, 1.54) is 5.56 Å². The minimum absolute atomic E-state index is 0.0741. The van der Waals surface area contributed by atoms with Crippen molar-refractivity contribution in [3.8, 4) is 6.07 Å². The van der Waals surface area contributed by atoms with E-state index in [0.29, 0.717) is 12.2 Å². The van der Waals surface area contributed by atoms with E-state index in [0.717, 1.165) is 45.8 Å². The van der Waals surface area contributed by atoms with Gasteiger partial charge in [-0.25, -0.2) is 0 Å². The van der Waals surface area contributed by atoms with Crippen molar-refractivity contribution in [3.05, 3.63) is 35.4 Å². The van der Waals surface area contributed by atoms with E-state index in [2.05, 4.69) is 11.0 Å². The van der Waals surface area contributed by atoms with Crippen LogP contribution in [0.15, 0.2) is 24.3 Å². The van der Waals surface area contributed by atoms with Crippen LogP contribution in [0.5, 0.6) is 0 Å². The maximum Gasteiger partial charge on any atom is 0.228 e. The molecule has 5 heteroatoms. The normalized spacial score (nSPS) is 22.5. The molecule has 0 spiro atoms. The zero-order valence-corrected chi connectivity index (χ0v) is 12.7. The number of nitriles is 1. The molecule has 2 aliphatic heterocycles. The lowest BCUT2D eigenvalue weighted by atomic mass is 10.1. The molecular formula is C17H21N3O2. The maximum absolute atomic E-state index is 12.3. The van der Waals surface area contributed by atoms with Gasteiger partial charge in [-0.1, -0.05) is 12.1 Å². The second kappa shape index (κ2) is 6.91. The van der Waals surface area contributed by atoms with Crippen molar-refractivity contribution in [2.75, 3.05) is 39.4 Å². The number of ether oxygens (including phenoxy) is 1. The molecule has 22 heavy (non-hydrogen) atoms. The van der Waals surface area contributed by atoms with E-state index < -0.39 is 0 Å². The minimum Gasteiger partial charge on any atom is -0.381 e. The van der Waals surface area contributed by atoms with Crippen molar-refractivity contribution >= 4 is 5.91 Å². The quantitative estimate of drug-likeness (QED) is 0.842. The van der Waals surface area contributed by atoms with Crippen molar-refractivity contribution in [2.24, 2.45) is 5.92 Å². The first-order valence-electron chi connectivity index (χ1n) is 7.84. The van der Waals surface area contributed by atoms with Gasteiger partial charge in [-0.05, 0) is 24.1 Å². The van der Waals surface area contributed by atoms with E-state index in [9.17, 15) is 4.79 Å². The molecule has 2 aliphatic rings. The predicted molar refractivity (Wildman–Crippen MR) is 81.9 cm³/mol. The van der Waals surface area contributed by atoms with Crippen molar-refractivity contribution in [1.29, 1.82) is 5.26 Å². The molecule has 2 saturated heterocycles. The van der Waals surface area contributed by atoms with Crippen molar-refractivity contribution in [1.82, 2.24) is 9.80 Å². The Bertz CT molecular complexity index is 550. The van der Waals surface area contributed by atoms with Crippen LogP contribution in [0.4, 0.5) is 0 Å². The van der Waals surface area contributed by atoms with Crippen molar-refractivity contribution in [3.63, 3.8) is 0 Å². The fourth-order valence-corrected chi connectivity index (χ4v) is 3.06. The second-order valence-electron chi connectivity index (χ2n) is 5.97. The van der Waals surface area contributed by atoms with Gasteiger partial charge in [0.15, 0.2) is 0 Å². The Morgan fingerprint density at radius 2 is 1.95 bits per heavy atom. The van der Waals surface area contributed by atoms with Crippen LogP contribution in [0.3, 0.4) is 0 Å². The highest BCUT2D eigenvalue weighted by atomic mass is 16.5. The molecule has 2 heterocycles. The third-order valence-electron chi connectivity index (χ3n) is 4.45. The summed E-state index contributed by atoms with van der Waals surface area (Å²) < 4.78 is 5.31. The van der Waals surface area contributed by atoms with Crippen molar-refractivity contribution < 1.29 is 9.53 Å². The number of hydrogen-bond donors (Lipinski definition) is 0. The van der Waals surface area contributed by atoms with Gasteiger partial charge in [0.1, 0.15) is 0 Å². The largest absolute Gasteiger partial charge is 0.381 e. The summed E-state index contributed by atoms with van der Waals surface area (Å²) in [6.45, 7) is 5.58. The van der Waals surface area contributed by atoms with Crippen LogP contribution in [-0.4, -0.2) is 55.1 Å². The maximum atomic E-state index is 12.3. The number of piperazine rings is 1. The van der Waals surface area contributed by atoms with Crippen LogP contribution in [0.25, 0.3) is 0 Å². The summed E-state index contributed by atoms with van der Waals surface area (Å²) in [5.74, 6) is 0.334. The lowest BCUT2D eigenvalue weighted by Gasteiger charge is -2.35. The molecule has 1 amide bonds. The van der Waals surface area contributed by atoms with Crippen LogP contribution in [0.1, 0.15) is 17.5 Å². The number of benzene rings is 1. The highest BCUT2D eigenvalue weighted by molar-refractivity contribution is 5.79. The third kappa shape index (κ3) is 3.46. The average molecular weight is 299 g/mol. The molecule has 3 rings (SSSR count). The lowest BCUT2D eigenvalue weighted by molar-refractivity contribution is -0.137. The summed E-state index contributed by atoms with van der Waals surface area (Å²) in [6.07, 6.45) is 0.865. The molecule has 0 aromatic heterocycles. The van der Waals surface area contributed by atoms with Crippen LogP contribution in [-0.2, 0) is 16.1 Å². The molecule has 0 saturated carbocycles. The summed E-state index contributed by atoms with van der Waals surface area (Å²) in [5.41, 5.74) is 1.90. The molecule has 5 nitrogen and oxygen atoms in total. The van der Waals surface area contributed by atoms with Gasteiger partial charge in [0, 0.05) is 39.3 Å². The van der Waals surface area contributed by atoms with E-state index in [-0.39, 0.29) is 11.8 Å². The molecule has 1 aromatic carbocycles. The molecular weight excluding hydrogens is 278 g/mol. The van der Waals surface area contributed by atoms with E-state index in [4.69, 9.17) is 10.00 Å².